The summed E-state index contributed by atoms with van der Waals surface area (Å²) in [5, 5.41) is 23.2. The van der Waals surface area contributed by atoms with Crippen LogP contribution in [-0.4, -0.2) is 13.7 Å². The zero-order chi connectivity index (χ0) is 16.0. The fourth-order valence-electron chi connectivity index (χ4n) is 2.59. The Morgan fingerprint density at radius 2 is 1.86 bits per heavy atom. The van der Waals surface area contributed by atoms with E-state index in [9.17, 15) is 4.39 Å². The van der Waals surface area contributed by atoms with Crippen molar-refractivity contribution in [3.05, 3.63) is 59.7 Å². The standard InChI is InChI=1S/C18H16FN3/c1-22-18(8-9-19,11-14(12-20)13-21)17-7-6-15-4-2-3-5-16(15)10-17/h2-7,10-11,22H,8-9H2,1H3. The summed E-state index contributed by atoms with van der Waals surface area (Å²) < 4.78 is 13.1. The van der Waals surface area contributed by atoms with E-state index in [2.05, 4.69) is 5.32 Å². The molecule has 0 aromatic heterocycles. The van der Waals surface area contributed by atoms with E-state index in [1.807, 2.05) is 54.6 Å². The van der Waals surface area contributed by atoms with Gasteiger partial charge in [-0.05, 0) is 35.5 Å². The highest BCUT2D eigenvalue weighted by Crippen LogP contribution is 2.30. The van der Waals surface area contributed by atoms with Crippen molar-refractivity contribution in [1.29, 1.82) is 10.5 Å². The minimum Gasteiger partial charge on any atom is -0.307 e. The Labute approximate surface area is 129 Å². The molecule has 3 nitrogen and oxygen atoms in total. The summed E-state index contributed by atoms with van der Waals surface area (Å²) in [4.78, 5) is 0. The average Bonchev–Trinajstić information content (AvgIpc) is 2.58. The summed E-state index contributed by atoms with van der Waals surface area (Å²) >= 11 is 0. The first-order chi connectivity index (χ1) is 10.7. The van der Waals surface area contributed by atoms with Crippen molar-refractivity contribution >= 4 is 10.8 Å². The summed E-state index contributed by atoms with van der Waals surface area (Å²) in [6.45, 7) is -0.561. The number of rotatable bonds is 5. The molecule has 0 saturated heterocycles. The van der Waals surface area contributed by atoms with Gasteiger partial charge in [0.2, 0.25) is 0 Å². The first-order valence-corrected chi connectivity index (χ1v) is 6.96. The molecule has 1 atom stereocenters. The second kappa shape index (κ2) is 6.85. The van der Waals surface area contributed by atoms with E-state index >= 15 is 0 Å². The van der Waals surface area contributed by atoms with Crippen molar-refractivity contribution in [1.82, 2.24) is 5.32 Å². The molecule has 0 fully saturated rings. The van der Waals surface area contributed by atoms with Gasteiger partial charge in [0, 0.05) is 6.42 Å². The maximum Gasteiger partial charge on any atom is 0.127 e. The average molecular weight is 293 g/mol. The van der Waals surface area contributed by atoms with Gasteiger partial charge in [-0.25, -0.2) is 0 Å². The molecule has 2 aromatic rings. The van der Waals surface area contributed by atoms with Crippen LogP contribution in [0.5, 0.6) is 0 Å². The molecule has 4 heteroatoms. The number of nitrogens with one attached hydrogen (secondary N) is 1. The van der Waals surface area contributed by atoms with Crippen LogP contribution in [-0.2, 0) is 5.54 Å². The Kier molecular flexibility index (Phi) is 4.88. The smallest absolute Gasteiger partial charge is 0.127 e. The number of halogens is 1. The van der Waals surface area contributed by atoms with Crippen LogP contribution >= 0.6 is 0 Å². The lowest BCUT2D eigenvalue weighted by molar-refractivity contribution is 0.349. The first kappa shape index (κ1) is 15.7. The Balaban J connectivity index is 2.63. The quantitative estimate of drug-likeness (QED) is 0.857. The van der Waals surface area contributed by atoms with Crippen molar-refractivity contribution < 1.29 is 4.39 Å². The first-order valence-electron chi connectivity index (χ1n) is 6.96. The van der Waals surface area contributed by atoms with Gasteiger partial charge >= 0.3 is 0 Å². The van der Waals surface area contributed by atoms with Crippen LogP contribution in [0.4, 0.5) is 4.39 Å². The monoisotopic (exact) mass is 293 g/mol. The summed E-state index contributed by atoms with van der Waals surface area (Å²) in [5.41, 5.74) is -0.0788. The summed E-state index contributed by atoms with van der Waals surface area (Å²) in [7, 11) is 1.70. The lowest BCUT2D eigenvalue weighted by Crippen LogP contribution is -2.39. The zero-order valence-electron chi connectivity index (χ0n) is 12.3. The van der Waals surface area contributed by atoms with Crippen molar-refractivity contribution in [2.24, 2.45) is 0 Å². The van der Waals surface area contributed by atoms with Crippen LogP contribution in [0.3, 0.4) is 0 Å². The van der Waals surface area contributed by atoms with Crippen molar-refractivity contribution in [3.63, 3.8) is 0 Å². The molecule has 0 amide bonds. The molecule has 2 aromatic carbocycles. The third-order valence-electron chi connectivity index (χ3n) is 3.83. The molecular formula is C18H16FN3. The highest BCUT2D eigenvalue weighted by Gasteiger charge is 2.29. The molecule has 0 aliphatic rings. The molecule has 1 unspecified atom stereocenters. The van der Waals surface area contributed by atoms with E-state index in [1.54, 1.807) is 7.05 Å². The van der Waals surface area contributed by atoms with E-state index in [4.69, 9.17) is 10.5 Å². The number of hydrogen-bond acceptors (Lipinski definition) is 3. The van der Waals surface area contributed by atoms with Crippen LogP contribution in [0.15, 0.2) is 54.1 Å². The summed E-state index contributed by atoms with van der Waals surface area (Å²) in [6, 6.07) is 17.4. The lowest BCUT2D eigenvalue weighted by Gasteiger charge is -2.30. The van der Waals surface area contributed by atoms with E-state index in [-0.39, 0.29) is 12.0 Å². The Morgan fingerprint density at radius 1 is 1.18 bits per heavy atom. The molecular weight excluding hydrogens is 277 g/mol. The number of benzene rings is 2. The molecule has 0 heterocycles. The van der Waals surface area contributed by atoms with Gasteiger partial charge in [0.05, 0.1) is 12.2 Å². The van der Waals surface area contributed by atoms with Crippen LogP contribution in [0, 0.1) is 22.7 Å². The molecule has 1 N–H and O–H groups in total. The Morgan fingerprint density at radius 3 is 2.45 bits per heavy atom. The molecule has 0 aliphatic carbocycles. The zero-order valence-corrected chi connectivity index (χ0v) is 12.3. The van der Waals surface area contributed by atoms with Gasteiger partial charge in [-0.3, -0.25) is 4.39 Å². The summed E-state index contributed by atoms with van der Waals surface area (Å²) in [5.74, 6) is 0. The number of likely N-dealkylation sites (N-methyl/N-ethyl adjacent to an activating group) is 1. The molecule has 2 rings (SSSR count). The minimum atomic E-state index is -0.875. The molecule has 0 radical (unpaired) electrons. The molecule has 0 aliphatic heterocycles. The van der Waals surface area contributed by atoms with Crippen LogP contribution < -0.4 is 5.32 Å². The third kappa shape index (κ3) is 2.98. The second-order valence-corrected chi connectivity index (χ2v) is 5.00. The maximum atomic E-state index is 13.1. The van der Waals surface area contributed by atoms with E-state index in [0.717, 1.165) is 16.3 Å². The third-order valence-corrected chi connectivity index (χ3v) is 3.83. The number of fused-ring (bicyclic) bond motifs is 1. The van der Waals surface area contributed by atoms with Gasteiger partial charge in [0.15, 0.2) is 0 Å². The van der Waals surface area contributed by atoms with E-state index in [0.29, 0.717) is 0 Å². The predicted octanol–water partition coefficient (Wildman–Crippen LogP) is 3.59. The van der Waals surface area contributed by atoms with Gasteiger partial charge in [-0.1, -0.05) is 36.4 Å². The lowest BCUT2D eigenvalue weighted by atomic mass is 9.84. The highest BCUT2D eigenvalue weighted by molar-refractivity contribution is 5.83. The summed E-state index contributed by atoms with van der Waals surface area (Å²) in [6.07, 6.45) is 1.66. The maximum absolute atomic E-state index is 13.1. The van der Waals surface area contributed by atoms with Crippen LogP contribution in [0.2, 0.25) is 0 Å². The van der Waals surface area contributed by atoms with Gasteiger partial charge < -0.3 is 5.32 Å². The van der Waals surface area contributed by atoms with Gasteiger partial charge in [-0.2, -0.15) is 10.5 Å². The second-order valence-electron chi connectivity index (χ2n) is 5.00. The Bertz CT molecular complexity index is 767. The predicted molar refractivity (Wildman–Crippen MR) is 84.6 cm³/mol. The molecule has 110 valence electrons. The van der Waals surface area contributed by atoms with Gasteiger partial charge in [0.1, 0.15) is 17.7 Å². The van der Waals surface area contributed by atoms with E-state index in [1.165, 1.54) is 6.08 Å². The van der Waals surface area contributed by atoms with Gasteiger partial charge in [-0.15, -0.1) is 0 Å². The van der Waals surface area contributed by atoms with Gasteiger partial charge in [0.25, 0.3) is 0 Å². The largest absolute Gasteiger partial charge is 0.307 e. The van der Waals surface area contributed by atoms with Crippen molar-refractivity contribution in [3.8, 4) is 12.1 Å². The normalized spacial score (nSPS) is 12.9. The van der Waals surface area contributed by atoms with Crippen molar-refractivity contribution in [2.75, 3.05) is 13.7 Å². The number of nitrogens with zero attached hydrogens (tertiary/aromatic N) is 2. The van der Waals surface area contributed by atoms with E-state index < -0.39 is 12.2 Å². The minimum absolute atomic E-state index is 0.0315. The molecule has 0 saturated carbocycles. The number of alkyl halides is 1. The van der Waals surface area contributed by atoms with Crippen molar-refractivity contribution in [2.45, 2.75) is 12.0 Å². The number of hydrogen-bond donors (Lipinski definition) is 1. The Hall–Kier alpha value is -2.69. The fourth-order valence-corrected chi connectivity index (χ4v) is 2.59. The molecule has 22 heavy (non-hydrogen) atoms. The topological polar surface area (TPSA) is 59.6 Å². The SMILES string of the molecule is CNC(C=C(C#N)C#N)(CCF)c1ccc2ccccc2c1. The highest BCUT2D eigenvalue weighted by atomic mass is 19.1. The fraction of sp³-hybridized carbons (Fsp3) is 0.222. The molecule has 0 spiro atoms. The molecule has 0 bridgehead atoms. The number of nitriles is 2. The van der Waals surface area contributed by atoms with Crippen LogP contribution in [0.25, 0.3) is 10.8 Å². The number of allylic oxidation sites excluding steroid dienone is 1. The van der Waals surface area contributed by atoms with Crippen LogP contribution in [0.1, 0.15) is 12.0 Å².